The molecule has 0 spiro atoms. The molecule has 0 bridgehead atoms. The Morgan fingerprint density at radius 3 is 2.24 bits per heavy atom. The van der Waals surface area contributed by atoms with E-state index in [1.807, 2.05) is 12.1 Å². The van der Waals surface area contributed by atoms with E-state index in [2.05, 4.69) is 17.6 Å². The first kappa shape index (κ1) is 28.1. The van der Waals surface area contributed by atoms with Gasteiger partial charge in [-0.05, 0) is 74.1 Å². The van der Waals surface area contributed by atoms with Gasteiger partial charge >= 0.3 is 0 Å². The van der Waals surface area contributed by atoms with E-state index in [1.165, 1.54) is 16.4 Å². The molecule has 0 saturated heterocycles. The standard InChI is InChI=1S/C28H33N3O4S2/c1-3-5-6-12-21-35-26-16-11-10-15-25(26)27(32)30-28(36)29-22-17-19-24(20-18-22)37(33,34)31(4-2)23-13-8-7-9-14-23/h7-11,13-20H,3-6,12,21H2,1-2H3,(H2,29,30,32,36). The number of nitrogens with one attached hydrogen (secondary N) is 2. The Morgan fingerprint density at radius 1 is 0.892 bits per heavy atom. The summed E-state index contributed by atoms with van der Waals surface area (Å²) >= 11 is 5.31. The summed E-state index contributed by atoms with van der Waals surface area (Å²) in [7, 11) is -3.73. The second kappa shape index (κ2) is 13.8. The van der Waals surface area contributed by atoms with Crippen molar-refractivity contribution >= 4 is 44.6 Å². The molecule has 0 aromatic heterocycles. The van der Waals surface area contributed by atoms with Gasteiger partial charge in [0, 0.05) is 12.2 Å². The van der Waals surface area contributed by atoms with Gasteiger partial charge in [0.2, 0.25) is 0 Å². The van der Waals surface area contributed by atoms with Crippen LogP contribution in [0.4, 0.5) is 11.4 Å². The fraction of sp³-hybridized carbons (Fsp3) is 0.286. The zero-order valence-corrected chi connectivity index (χ0v) is 22.8. The Labute approximate surface area is 224 Å². The highest BCUT2D eigenvalue weighted by Gasteiger charge is 2.23. The summed E-state index contributed by atoms with van der Waals surface area (Å²) in [5.74, 6) is 0.120. The Kier molecular flexibility index (Phi) is 10.5. The van der Waals surface area contributed by atoms with Crippen LogP contribution in [-0.2, 0) is 10.0 Å². The van der Waals surface area contributed by atoms with E-state index in [0.29, 0.717) is 35.8 Å². The number of benzene rings is 3. The Bertz CT molecular complexity index is 1280. The van der Waals surface area contributed by atoms with Crippen LogP contribution in [0.1, 0.15) is 49.9 Å². The quantitative estimate of drug-likeness (QED) is 0.217. The van der Waals surface area contributed by atoms with E-state index in [4.69, 9.17) is 17.0 Å². The van der Waals surface area contributed by atoms with Crippen molar-refractivity contribution in [2.45, 2.75) is 44.4 Å². The van der Waals surface area contributed by atoms with E-state index in [1.54, 1.807) is 61.5 Å². The molecule has 196 valence electrons. The van der Waals surface area contributed by atoms with Crippen molar-refractivity contribution in [2.24, 2.45) is 0 Å². The predicted octanol–water partition coefficient (Wildman–Crippen LogP) is 5.99. The van der Waals surface area contributed by atoms with Crippen LogP contribution >= 0.6 is 12.2 Å². The van der Waals surface area contributed by atoms with Crippen LogP contribution in [0, 0.1) is 0 Å². The molecule has 3 aromatic rings. The molecule has 9 heteroatoms. The number of unbranched alkanes of at least 4 members (excludes halogenated alkanes) is 3. The number of carbonyl (C=O) groups is 1. The molecule has 0 heterocycles. The molecule has 0 unspecified atom stereocenters. The first-order valence-corrected chi connectivity index (χ1v) is 14.2. The van der Waals surface area contributed by atoms with Crippen molar-refractivity contribution in [2.75, 3.05) is 22.8 Å². The van der Waals surface area contributed by atoms with Crippen LogP contribution < -0.4 is 19.7 Å². The average molecular weight is 540 g/mol. The Hall–Kier alpha value is -3.43. The molecule has 7 nitrogen and oxygen atoms in total. The fourth-order valence-electron chi connectivity index (χ4n) is 3.75. The number of anilines is 2. The average Bonchev–Trinajstić information content (AvgIpc) is 2.90. The van der Waals surface area contributed by atoms with Crippen molar-refractivity contribution in [3.63, 3.8) is 0 Å². The predicted molar refractivity (Wildman–Crippen MR) is 153 cm³/mol. The third kappa shape index (κ3) is 7.77. The lowest BCUT2D eigenvalue weighted by Crippen LogP contribution is -2.34. The highest BCUT2D eigenvalue weighted by molar-refractivity contribution is 7.92. The molecule has 0 aliphatic carbocycles. The third-order valence-electron chi connectivity index (χ3n) is 5.65. The number of para-hydroxylation sites is 2. The molecular weight excluding hydrogens is 506 g/mol. The summed E-state index contributed by atoms with van der Waals surface area (Å²) in [6, 6.07) is 22.2. The monoisotopic (exact) mass is 539 g/mol. The highest BCUT2D eigenvalue weighted by Crippen LogP contribution is 2.24. The molecule has 3 rings (SSSR count). The van der Waals surface area contributed by atoms with Gasteiger partial charge in [0.25, 0.3) is 15.9 Å². The van der Waals surface area contributed by atoms with Gasteiger partial charge in [-0.3, -0.25) is 14.4 Å². The summed E-state index contributed by atoms with van der Waals surface area (Å²) in [5, 5.41) is 5.69. The first-order chi connectivity index (χ1) is 17.9. The number of amides is 1. The van der Waals surface area contributed by atoms with Gasteiger partial charge in [-0.15, -0.1) is 0 Å². The summed E-state index contributed by atoms with van der Waals surface area (Å²) < 4.78 is 33.5. The minimum Gasteiger partial charge on any atom is -0.493 e. The number of hydrogen-bond acceptors (Lipinski definition) is 5. The smallest absolute Gasteiger partial charge is 0.264 e. The lowest BCUT2D eigenvalue weighted by Gasteiger charge is -2.23. The van der Waals surface area contributed by atoms with E-state index >= 15 is 0 Å². The van der Waals surface area contributed by atoms with Crippen LogP contribution in [0.3, 0.4) is 0 Å². The number of carbonyl (C=O) groups excluding carboxylic acids is 1. The van der Waals surface area contributed by atoms with Crippen molar-refractivity contribution in [1.82, 2.24) is 5.32 Å². The van der Waals surface area contributed by atoms with Crippen molar-refractivity contribution in [3.8, 4) is 5.75 Å². The first-order valence-electron chi connectivity index (χ1n) is 12.4. The molecule has 0 aliphatic rings. The van der Waals surface area contributed by atoms with E-state index < -0.39 is 10.0 Å². The summed E-state index contributed by atoms with van der Waals surface area (Å²) in [6.07, 6.45) is 4.31. The lowest BCUT2D eigenvalue weighted by atomic mass is 10.2. The number of hydrogen-bond donors (Lipinski definition) is 2. The molecule has 0 atom stereocenters. The minimum absolute atomic E-state index is 0.0952. The number of rotatable bonds is 12. The van der Waals surface area contributed by atoms with Crippen LogP contribution in [0.5, 0.6) is 5.75 Å². The Balaban J connectivity index is 1.62. The topological polar surface area (TPSA) is 87.7 Å². The summed E-state index contributed by atoms with van der Waals surface area (Å²) in [6.45, 7) is 4.78. The van der Waals surface area contributed by atoms with Gasteiger partial charge in [-0.2, -0.15) is 0 Å². The zero-order chi connectivity index (χ0) is 26.7. The molecule has 1 amide bonds. The second-order valence-electron chi connectivity index (χ2n) is 8.34. The zero-order valence-electron chi connectivity index (χ0n) is 21.1. The lowest BCUT2D eigenvalue weighted by molar-refractivity contribution is 0.0973. The molecule has 2 N–H and O–H groups in total. The molecule has 37 heavy (non-hydrogen) atoms. The maximum atomic E-state index is 13.2. The second-order valence-corrected chi connectivity index (χ2v) is 10.6. The summed E-state index contributed by atoms with van der Waals surface area (Å²) in [4.78, 5) is 13.0. The summed E-state index contributed by atoms with van der Waals surface area (Å²) in [5.41, 5.74) is 1.54. The van der Waals surface area contributed by atoms with Crippen LogP contribution in [0.2, 0.25) is 0 Å². The van der Waals surface area contributed by atoms with Crippen LogP contribution in [0.25, 0.3) is 0 Å². The number of thiocarbonyl (C=S) groups is 1. The van der Waals surface area contributed by atoms with Crippen molar-refractivity contribution < 1.29 is 17.9 Å². The maximum Gasteiger partial charge on any atom is 0.264 e. The minimum atomic E-state index is -3.73. The van der Waals surface area contributed by atoms with E-state index in [-0.39, 0.29) is 15.9 Å². The van der Waals surface area contributed by atoms with Gasteiger partial charge in [-0.25, -0.2) is 8.42 Å². The van der Waals surface area contributed by atoms with Crippen molar-refractivity contribution in [3.05, 3.63) is 84.4 Å². The van der Waals surface area contributed by atoms with Crippen LogP contribution in [0.15, 0.2) is 83.8 Å². The highest BCUT2D eigenvalue weighted by atomic mass is 32.2. The number of nitrogens with zero attached hydrogens (tertiary/aromatic N) is 1. The molecule has 0 aliphatic heterocycles. The van der Waals surface area contributed by atoms with Crippen molar-refractivity contribution in [1.29, 1.82) is 0 Å². The fourth-order valence-corrected chi connectivity index (χ4v) is 5.43. The van der Waals surface area contributed by atoms with Gasteiger partial charge in [-0.1, -0.05) is 56.5 Å². The third-order valence-corrected chi connectivity index (χ3v) is 7.77. The van der Waals surface area contributed by atoms with Gasteiger partial charge < -0.3 is 10.1 Å². The largest absolute Gasteiger partial charge is 0.493 e. The molecule has 3 aromatic carbocycles. The molecular formula is C28H33N3O4S2. The van der Waals surface area contributed by atoms with E-state index in [0.717, 1.165) is 25.7 Å². The molecule has 0 saturated carbocycles. The molecule has 0 fully saturated rings. The SMILES string of the molecule is CCCCCCOc1ccccc1C(=O)NC(=S)Nc1ccc(S(=O)(=O)N(CC)c2ccccc2)cc1. The molecule has 0 radical (unpaired) electrons. The number of sulfonamides is 1. The van der Waals surface area contributed by atoms with Gasteiger partial charge in [0.15, 0.2) is 5.11 Å². The van der Waals surface area contributed by atoms with E-state index in [9.17, 15) is 13.2 Å². The van der Waals surface area contributed by atoms with Gasteiger partial charge in [0.05, 0.1) is 22.8 Å². The number of ether oxygens (including phenoxy) is 1. The maximum absolute atomic E-state index is 13.2. The van der Waals surface area contributed by atoms with Crippen LogP contribution in [-0.4, -0.2) is 32.6 Å². The van der Waals surface area contributed by atoms with Gasteiger partial charge in [0.1, 0.15) is 5.75 Å². The Morgan fingerprint density at radius 2 is 1.57 bits per heavy atom. The normalized spacial score (nSPS) is 11.0.